The summed E-state index contributed by atoms with van der Waals surface area (Å²) in [5, 5.41) is 0. The summed E-state index contributed by atoms with van der Waals surface area (Å²) in [6, 6.07) is 4.61. The first-order valence-electron chi connectivity index (χ1n) is 5.98. The van der Waals surface area contributed by atoms with Crippen LogP contribution in [0.15, 0.2) is 22.8 Å². The maximum atomic E-state index is 11.3. The minimum atomic E-state index is -0.123. The Labute approximate surface area is 101 Å². The van der Waals surface area contributed by atoms with Crippen LogP contribution >= 0.6 is 0 Å². The van der Waals surface area contributed by atoms with Gasteiger partial charge in [-0.1, -0.05) is 0 Å². The van der Waals surface area contributed by atoms with Gasteiger partial charge < -0.3 is 4.42 Å². The molecule has 2 rings (SSSR count). The van der Waals surface area contributed by atoms with Crippen LogP contribution in [0.3, 0.4) is 0 Å². The largest absolute Gasteiger partial charge is 0.468 e. The van der Waals surface area contributed by atoms with Crippen molar-refractivity contribution < 1.29 is 9.21 Å². The summed E-state index contributed by atoms with van der Waals surface area (Å²) in [5.41, 5.74) is 2.18. The van der Waals surface area contributed by atoms with Crippen LogP contribution in [0.25, 0.3) is 0 Å². The molecule has 1 unspecified atom stereocenters. The quantitative estimate of drug-likeness (QED) is 0.440. The highest BCUT2D eigenvalue weighted by atomic mass is 16.3. The van der Waals surface area contributed by atoms with Gasteiger partial charge >= 0.3 is 0 Å². The van der Waals surface area contributed by atoms with E-state index in [1.54, 1.807) is 6.26 Å². The minimum absolute atomic E-state index is 0.123. The van der Waals surface area contributed by atoms with Crippen LogP contribution in [-0.2, 0) is 11.3 Å². The number of rotatable bonds is 6. The van der Waals surface area contributed by atoms with Gasteiger partial charge in [-0.2, -0.15) is 0 Å². The van der Waals surface area contributed by atoms with E-state index in [1.807, 2.05) is 12.1 Å². The summed E-state index contributed by atoms with van der Waals surface area (Å²) in [5.74, 6) is 5.93. The van der Waals surface area contributed by atoms with Gasteiger partial charge in [0, 0.05) is 18.5 Å². The zero-order valence-corrected chi connectivity index (χ0v) is 10.1. The fraction of sp³-hybridized carbons (Fsp3) is 0.583. The lowest BCUT2D eigenvalue weighted by Gasteiger charge is -2.27. The second-order valence-electron chi connectivity index (χ2n) is 4.60. The molecule has 3 N–H and O–H groups in total. The molecule has 1 fully saturated rings. The molecule has 17 heavy (non-hydrogen) atoms. The number of hydrazine groups is 1. The number of nitrogens with two attached hydrogens (primary N) is 1. The Balaban J connectivity index is 1.94. The Morgan fingerprint density at radius 1 is 1.71 bits per heavy atom. The van der Waals surface area contributed by atoms with Crippen LogP contribution in [0.5, 0.6) is 0 Å². The third-order valence-corrected chi connectivity index (χ3v) is 3.14. The van der Waals surface area contributed by atoms with Gasteiger partial charge in [0.15, 0.2) is 0 Å². The van der Waals surface area contributed by atoms with E-state index in [2.05, 4.69) is 17.2 Å². The highest BCUT2D eigenvalue weighted by Gasteiger charge is 2.33. The van der Waals surface area contributed by atoms with E-state index in [0.29, 0.717) is 12.5 Å². The van der Waals surface area contributed by atoms with E-state index >= 15 is 0 Å². The van der Waals surface area contributed by atoms with E-state index in [0.717, 1.165) is 12.3 Å². The standard InChI is InChI=1S/C12H19N3O2/c1-9(7-12(16)14-13)15(10-4-5-10)8-11-3-2-6-17-11/h2-3,6,9-10H,4-5,7-8,13H2,1H3,(H,14,16). The third-order valence-electron chi connectivity index (χ3n) is 3.14. The normalized spacial score (nSPS) is 17.1. The van der Waals surface area contributed by atoms with Gasteiger partial charge in [0.2, 0.25) is 5.91 Å². The Kier molecular flexibility index (Phi) is 3.81. The molecule has 0 aliphatic heterocycles. The molecule has 1 atom stereocenters. The molecular weight excluding hydrogens is 218 g/mol. The van der Waals surface area contributed by atoms with Crippen molar-refractivity contribution >= 4 is 5.91 Å². The summed E-state index contributed by atoms with van der Waals surface area (Å²) >= 11 is 0. The number of furan rings is 1. The molecule has 1 aromatic rings. The van der Waals surface area contributed by atoms with Crippen LogP contribution in [-0.4, -0.2) is 22.9 Å². The van der Waals surface area contributed by atoms with Crippen molar-refractivity contribution in [1.29, 1.82) is 0 Å². The number of hydrogen-bond acceptors (Lipinski definition) is 4. The fourth-order valence-corrected chi connectivity index (χ4v) is 2.08. The summed E-state index contributed by atoms with van der Waals surface area (Å²) in [6.07, 6.45) is 4.51. The molecule has 0 spiro atoms. The van der Waals surface area contributed by atoms with Gasteiger partial charge in [0.25, 0.3) is 0 Å². The van der Waals surface area contributed by atoms with Gasteiger partial charge in [0.1, 0.15) is 5.76 Å². The molecule has 0 radical (unpaired) electrons. The number of carbonyl (C=O) groups is 1. The number of carbonyl (C=O) groups excluding carboxylic acids is 1. The van der Waals surface area contributed by atoms with Crippen molar-refractivity contribution in [2.75, 3.05) is 0 Å². The summed E-state index contributed by atoms with van der Waals surface area (Å²) in [4.78, 5) is 13.6. The Bertz CT molecular complexity index is 360. The highest BCUT2D eigenvalue weighted by molar-refractivity contribution is 5.75. The average Bonchev–Trinajstić information content (AvgIpc) is 3.03. The molecule has 1 heterocycles. The summed E-state index contributed by atoms with van der Waals surface area (Å²) < 4.78 is 5.36. The fourth-order valence-electron chi connectivity index (χ4n) is 2.08. The topological polar surface area (TPSA) is 71.5 Å². The van der Waals surface area contributed by atoms with Crippen molar-refractivity contribution in [3.63, 3.8) is 0 Å². The number of amides is 1. The molecule has 1 aliphatic rings. The predicted octanol–water partition coefficient (Wildman–Crippen LogP) is 1.01. The van der Waals surface area contributed by atoms with Crippen LogP contribution in [0, 0.1) is 0 Å². The predicted molar refractivity (Wildman–Crippen MR) is 63.7 cm³/mol. The summed E-state index contributed by atoms with van der Waals surface area (Å²) in [7, 11) is 0. The molecule has 94 valence electrons. The van der Waals surface area contributed by atoms with Crippen molar-refractivity contribution in [2.24, 2.45) is 5.84 Å². The number of hydrogen-bond donors (Lipinski definition) is 2. The van der Waals surface area contributed by atoms with Gasteiger partial charge in [-0.25, -0.2) is 5.84 Å². The van der Waals surface area contributed by atoms with E-state index in [9.17, 15) is 4.79 Å². The third kappa shape index (κ3) is 3.31. The van der Waals surface area contributed by atoms with Crippen LogP contribution in [0.4, 0.5) is 0 Å². The number of nitrogens with one attached hydrogen (secondary N) is 1. The van der Waals surface area contributed by atoms with Crippen LogP contribution < -0.4 is 11.3 Å². The molecule has 0 saturated heterocycles. The van der Waals surface area contributed by atoms with E-state index < -0.39 is 0 Å². The van der Waals surface area contributed by atoms with Gasteiger partial charge in [-0.3, -0.25) is 15.1 Å². The smallest absolute Gasteiger partial charge is 0.235 e. The first-order chi connectivity index (χ1) is 8.20. The van der Waals surface area contributed by atoms with E-state index in [1.165, 1.54) is 12.8 Å². The highest BCUT2D eigenvalue weighted by Crippen LogP contribution is 2.30. The maximum absolute atomic E-state index is 11.3. The molecule has 5 nitrogen and oxygen atoms in total. The first-order valence-corrected chi connectivity index (χ1v) is 5.98. The molecular formula is C12H19N3O2. The van der Waals surface area contributed by atoms with Gasteiger partial charge in [0.05, 0.1) is 12.8 Å². The lowest BCUT2D eigenvalue weighted by molar-refractivity contribution is -0.122. The molecule has 0 bridgehead atoms. The minimum Gasteiger partial charge on any atom is -0.468 e. The van der Waals surface area contributed by atoms with Crippen molar-refractivity contribution in [1.82, 2.24) is 10.3 Å². The van der Waals surface area contributed by atoms with Crippen molar-refractivity contribution in [3.05, 3.63) is 24.2 Å². The van der Waals surface area contributed by atoms with Gasteiger partial charge in [-0.05, 0) is 31.9 Å². The number of nitrogens with zero attached hydrogens (tertiary/aromatic N) is 1. The lowest BCUT2D eigenvalue weighted by atomic mass is 10.2. The maximum Gasteiger partial charge on any atom is 0.235 e. The molecule has 1 amide bonds. The van der Waals surface area contributed by atoms with Crippen LogP contribution in [0.1, 0.15) is 31.9 Å². The van der Waals surface area contributed by atoms with Gasteiger partial charge in [-0.15, -0.1) is 0 Å². The summed E-state index contributed by atoms with van der Waals surface area (Å²) in [6.45, 7) is 2.81. The molecule has 1 saturated carbocycles. The van der Waals surface area contributed by atoms with Crippen molar-refractivity contribution in [3.8, 4) is 0 Å². The Morgan fingerprint density at radius 3 is 3.00 bits per heavy atom. The Morgan fingerprint density at radius 2 is 2.47 bits per heavy atom. The van der Waals surface area contributed by atoms with Crippen LogP contribution in [0.2, 0.25) is 0 Å². The zero-order valence-electron chi connectivity index (χ0n) is 10.1. The monoisotopic (exact) mass is 237 g/mol. The Hall–Kier alpha value is -1.33. The lowest BCUT2D eigenvalue weighted by Crippen LogP contribution is -2.40. The first kappa shape index (κ1) is 12.1. The van der Waals surface area contributed by atoms with E-state index in [-0.39, 0.29) is 11.9 Å². The zero-order chi connectivity index (χ0) is 12.3. The second-order valence-corrected chi connectivity index (χ2v) is 4.60. The molecule has 1 aliphatic carbocycles. The SMILES string of the molecule is CC(CC(=O)NN)N(Cc1ccco1)C1CC1. The second kappa shape index (κ2) is 5.33. The molecule has 5 heteroatoms. The van der Waals surface area contributed by atoms with E-state index in [4.69, 9.17) is 10.3 Å². The average molecular weight is 237 g/mol. The molecule has 1 aromatic heterocycles. The molecule has 0 aromatic carbocycles. The van der Waals surface area contributed by atoms with Crippen molar-refractivity contribution in [2.45, 2.75) is 44.8 Å².